The summed E-state index contributed by atoms with van der Waals surface area (Å²) in [6.07, 6.45) is 2.10. The number of ether oxygens (including phenoxy) is 1. The topological polar surface area (TPSA) is 39.9 Å². The molecule has 0 aliphatic carbocycles. The predicted octanol–water partition coefficient (Wildman–Crippen LogP) is 2.93. The van der Waals surface area contributed by atoms with Crippen LogP contribution in [0.5, 0.6) is 5.88 Å². The van der Waals surface area contributed by atoms with Crippen LogP contribution in [0.15, 0.2) is 12.1 Å². The van der Waals surface area contributed by atoms with Gasteiger partial charge in [-0.3, -0.25) is 0 Å². The molecule has 2 aromatic heterocycles. The lowest BCUT2D eigenvalue weighted by molar-refractivity contribution is 0.399. The molecule has 4 nitrogen and oxygen atoms in total. The zero-order valence-electron chi connectivity index (χ0n) is 10.7. The molecule has 18 heavy (non-hydrogen) atoms. The Morgan fingerprint density at radius 1 is 1.44 bits per heavy atom. The van der Waals surface area contributed by atoms with E-state index < -0.39 is 0 Å². The van der Waals surface area contributed by atoms with Gasteiger partial charge in [-0.1, -0.05) is 6.92 Å². The number of methoxy groups -OCH3 is 1. The van der Waals surface area contributed by atoms with Crippen LogP contribution < -0.4 is 4.74 Å². The summed E-state index contributed by atoms with van der Waals surface area (Å²) in [5.74, 6) is 1.84. The second-order valence-electron chi connectivity index (χ2n) is 4.01. The molecule has 1 atom stereocenters. The Hall–Kier alpha value is -0.940. The molecule has 0 bridgehead atoms. The monoisotopic (exact) mass is 285 g/mol. The third-order valence-corrected chi connectivity index (χ3v) is 4.01. The molecule has 0 aromatic carbocycles. The lowest BCUT2D eigenvalue weighted by atomic mass is 10.4. The highest BCUT2D eigenvalue weighted by molar-refractivity contribution is 7.99. The van der Waals surface area contributed by atoms with Crippen LogP contribution in [0.2, 0.25) is 0 Å². The summed E-state index contributed by atoms with van der Waals surface area (Å²) in [7, 11) is 1.61. The number of thioether (sulfide) groups is 1. The van der Waals surface area contributed by atoms with Crippen LogP contribution in [0.25, 0.3) is 11.2 Å². The number of hydrogen-bond acceptors (Lipinski definition) is 4. The minimum absolute atomic E-state index is 0.389. The van der Waals surface area contributed by atoms with Gasteiger partial charge in [-0.25, -0.2) is 4.98 Å². The summed E-state index contributed by atoms with van der Waals surface area (Å²) < 4.78 is 7.24. The van der Waals surface area contributed by atoms with Gasteiger partial charge in [0.15, 0.2) is 5.65 Å². The summed E-state index contributed by atoms with van der Waals surface area (Å²) in [6.45, 7) is 3.02. The summed E-state index contributed by atoms with van der Waals surface area (Å²) >= 11 is 7.76. The van der Waals surface area contributed by atoms with Crippen LogP contribution in [0.3, 0.4) is 0 Å². The van der Waals surface area contributed by atoms with Crippen LogP contribution in [-0.4, -0.2) is 33.2 Å². The minimum Gasteiger partial charge on any atom is -0.481 e. The molecule has 2 heterocycles. The van der Waals surface area contributed by atoms with Gasteiger partial charge in [-0.05, 0) is 12.3 Å². The molecule has 0 aliphatic rings. The number of hydrogen-bond donors (Lipinski definition) is 0. The van der Waals surface area contributed by atoms with E-state index in [4.69, 9.17) is 16.3 Å². The Balaban J connectivity index is 2.51. The highest BCUT2D eigenvalue weighted by Gasteiger charge is 2.14. The summed E-state index contributed by atoms with van der Waals surface area (Å²) in [6, 6.07) is 3.73. The molecule has 2 aromatic rings. The zero-order valence-corrected chi connectivity index (χ0v) is 12.3. The maximum absolute atomic E-state index is 5.95. The largest absolute Gasteiger partial charge is 0.481 e. The fraction of sp³-hybridized carbons (Fsp3) is 0.500. The maximum Gasteiger partial charge on any atom is 0.215 e. The average Bonchev–Trinajstić information content (AvgIpc) is 2.75. The van der Waals surface area contributed by atoms with E-state index >= 15 is 0 Å². The first kappa shape index (κ1) is 13.5. The molecule has 0 saturated heterocycles. The minimum atomic E-state index is 0.389. The number of nitrogens with zero attached hydrogens (tertiary/aromatic N) is 3. The van der Waals surface area contributed by atoms with Crippen LogP contribution in [0, 0.1) is 0 Å². The summed E-state index contributed by atoms with van der Waals surface area (Å²) in [5.41, 5.74) is 1.70. The van der Waals surface area contributed by atoms with E-state index in [1.54, 1.807) is 7.11 Å². The zero-order chi connectivity index (χ0) is 13.1. The van der Waals surface area contributed by atoms with Gasteiger partial charge in [0, 0.05) is 17.9 Å². The normalized spacial score (nSPS) is 12.9. The number of pyridine rings is 1. The smallest absolute Gasteiger partial charge is 0.215 e. The van der Waals surface area contributed by atoms with E-state index in [0.29, 0.717) is 17.0 Å². The number of imidazole rings is 1. The average molecular weight is 286 g/mol. The van der Waals surface area contributed by atoms with Crippen LogP contribution in [-0.2, 0) is 12.4 Å². The van der Waals surface area contributed by atoms with Crippen molar-refractivity contribution < 1.29 is 4.74 Å². The molecular formula is C12H16ClN3OS. The van der Waals surface area contributed by atoms with Crippen molar-refractivity contribution in [3.63, 3.8) is 0 Å². The molecule has 98 valence electrons. The van der Waals surface area contributed by atoms with Crippen molar-refractivity contribution >= 4 is 34.5 Å². The standard InChI is InChI=1S/C12H16ClN3OS/c1-8(18-3)7-16-10(6-13)14-9-4-5-11(17-2)15-12(9)16/h4-5,8H,6-7H2,1-3H3. The quantitative estimate of drug-likeness (QED) is 0.792. The van der Waals surface area contributed by atoms with Gasteiger partial charge in [-0.2, -0.15) is 16.7 Å². The molecule has 0 fully saturated rings. The number of aromatic nitrogens is 3. The predicted molar refractivity (Wildman–Crippen MR) is 76.6 cm³/mol. The molecule has 6 heteroatoms. The fourth-order valence-corrected chi connectivity index (χ4v) is 2.27. The molecule has 0 aliphatic heterocycles. The first-order valence-electron chi connectivity index (χ1n) is 5.68. The second kappa shape index (κ2) is 5.80. The Labute approximate surface area is 116 Å². The SMILES string of the molecule is COc1ccc2nc(CCl)n(CC(C)SC)c2n1. The van der Waals surface area contributed by atoms with E-state index in [1.165, 1.54) is 0 Å². The molecule has 1 unspecified atom stereocenters. The highest BCUT2D eigenvalue weighted by atomic mass is 35.5. The maximum atomic E-state index is 5.95. The van der Waals surface area contributed by atoms with Crippen molar-refractivity contribution in [2.75, 3.05) is 13.4 Å². The van der Waals surface area contributed by atoms with E-state index in [2.05, 4.69) is 27.7 Å². The lowest BCUT2D eigenvalue weighted by Gasteiger charge is -2.12. The molecule has 0 radical (unpaired) electrons. The van der Waals surface area contributed by atoms with Gasteiger partial charge in [0.2, 0.25) is 5.88 Å². The summed E-state index contributed by atoms with van der Waals surface area (Å²) in [5, 5.41) is 0.484. The third kappa shape index (κ3) is 2.57. The molecule has 0 N–H and O–H groups in total. The highest BCUT2D eigenvalue weighted by Crippen LogP contribution is 2.21. The Kier molecular flexibility index (Phi) is 4.35. The number of fused-ring (bicyclic) bond motifs is 1. The van der Waals surface area contributed by atoms with Crippen molar-refractivity contribution in [2.24, 2.45) is 0 Å². The molecule has 0 spiro atoms. The first-order valence-corrected chi connectivity index (χ1v) is 7.50. The van der Waals surface area contributed by atoms with Crippen molar-refractivity contribution in [1.29, 1.82) is 0 Å². The van der Waals surface area contributed by atoms with Crippen molar-refractivity contribution in [1.82, 2.24) is 14.5 Å². The third-order valence-electron chi connectivity index (χ3n) is 2.82. The Morgan fingerprint density at radius 3 is 2.83 bits per heavy atom. The molecule has 0 amide bonds. The summed E-state index contributed by atoms with van der Waals surface area (Å²) in [4.78, 5) is 8.96. The van der Waals surface area contributed by atoms with Crippen LogP contribution >= 0.6 is 23.4 Å². The van der Waals surface area contributed by atoms with Gasteiger partial charge in [-0.15, -0.1) is 11.6 Å². The van der Waals surface area contributed by atoms with E-state index in [1.807, 2.05) is 23.9 Å². The number of halogens is 1. The van der Waals surface area contributed by atoms with E-state index in [-0.39, 0.29) is 0 Å². The van der Waals surface area contributed by atoms with Gasteiger partial charge in [0.25, 0.3) is 0 Å². The van der Waals surface area contributed by atoms with E-state index in [9.17, 15) is 0 Å². The van der Waals surface area contributed by atoms with Crippen LogP contribution in [0.1, 0.15) is 12.7 Å². The molecule has 2 rings (SSSR count). The Morgan fingerprint density at radius 2 is 2.22 bits per heavy atom. The second-order valence-corrected chi connectivity index (χ2v) is 5.56. The number of rotatable bonds is 5. The van der Waals surface area contributed by atoms with Gasteiger partial charge in [0.1, 0.15) is 11.3 Å². The van der Waals surface area contributed by atoms with Crippen molar-refractivity contribution in [2.45, 2.75) is 24.6 Å². The fourth-order valence-electron chi connectivity index (χ4n) is 1.77. The Bertz CT molecular complexity index is 543. The lowest BCUT2D eigenvalue weighted by Crippen LogP contribution is -2.12. The van der Waals surface area contributed by atoms with Crippen LogP contribution in [0.4, 0.5) is 0 Å². The van der Waals surface area contributed by atoms with Crippen molar-refractivity contribution in [3.05, 3.63) is 18.0 Å². The number of alkyl halides is 1. The van der Waals surface area contributed by atoms with Gasteiger partial charge >= 0.3 is 0 Å². The molecule has 0 saturated carbocycles. The van der Waals surface area contributed by atoms with Gasteiger partial charge in [0.05, 0.1) is 13.0 Å². The first-order chi connectivity index (χ1) is 8.69. The van der Waals surface area contributed by atoms with Gasteiger partial charge < -0.3 is 9.30 Å². The molecular weight excluding hydrogens is 270 g/mol. The van der Waals surface area contributed by atoms with Crippen molar-refractivity contribution in [3.8, 4) is 5.88 Å². The van der Waals surface area contributed by atoms with E-state index in [0.717, 1.165) is 23.5 Å².